The Balaban J connectivity index is 2.79. The van der Waals surface area contributed by atoms with E-state index in [0.29, 0.717) is 11.1 Å². The van der Waals surface area contributed by atoms with Crippen molar-refractivity contribution in [2.75, 3.05) is 0 Å². The number of halogens is 2. The first kappa shape index (κ1) is 9.74. The predicted molar refractivity (Wildman–Crippen MR) is 57.9 cm³/mol. The Bertz CT molecular complexity index is 476. The van der Waals surface area contributed by atoms with E-state index in [9.17, 15) is 0 Å². The van der Waals surface area contributed by atoms with Crippen LogP contribution >= 0.6 is 23.2 Å². The normalized spacial score (nSPS) is 11.5. The van der Waals surface area contributed by atoms with E-state index in [4.69, 9.17) is 23.2 Å². The third-order valence-corrected chi connectivity index (χ3v) is 2.53. The van der Waals surface area contributed by atoms with Crippen LogP contribution in [0.25, 0.3) is 11.0 Å². The standard InChI is InChI=1S/C9H9Cl2N3/c1-5(2)14-4-7(10)6-3-12-9(11)13-8(6)14/h3-5H,1-2H3. The summed E-state index contributed by atoms with van der Waals surface area (Å²) in [5, 5.41) is 1.74. The van der Waals surface area contributed by atoms with E-state index in [1.807, 2.05) is 10.8 Å². The first-order chi connectivity index (χ1) is 6.59. The van der Waals surface area contributed by atoms with E-state index in [-0.39, 0.29) is 5.28 Å². The van der Waals surface area contributed by atoms with E-state index in [2.05, 4.69) is 23.8 Å². The Hall–Kier alpha value is -0.800. The molecule has 0 aliphatic heterocycles. The van der Waals surface area contributed by atoms with Crippen LogP contribution < -0.4 is 0 Å². The molecule has 0 saturated carbocycles. The molecule has 0 amide bonds. The van der Waals surface area contributed by atoms with Gasteiger partial charge in [0.15, 0.2) is 0 Å². The summed E-state index contributed by atoms with van der Waals surface area (Å²) in [6.45, 7) is 4.12. The fourth-order valence-electron chi connectivity index (χ4n) is 1.36. The molecule has 2 aromatic heterocycles. The van der Waals surface area contributed by atoms with Gasteiger partial charge in [-0.25, -0.2) is 4.98 Å². The lowest BCUT2D eigenvalue weighted by Gasteiger charge is -2.07. The number of fused-ring (bicyclic) bond motifs is 1. The van der Waals surface area contributed by atoms with Crippen LogP contribution in [-0.2, 0) is 0 Å². The summed E-state index contributed by atoms with van der Waals surface area (Å²) in [4.78, 5) is 8.05. The van der Waals surface area contributed by atoms with Crippen LogP contribution in [0.3, 0.4) is 0 Å². The van der Waals surface area contributed by atoms with Crippen molar-refractivity contribution in [1.29, 1.82) is 0 Å². The molecule has 0 fully saturated rings. The fourth-order valence-corrected chi connectivity index (χ4v) is 1.73. The lowest BCUT2D eigenvalue weighted by Crippen LogP contribution is -1.99. The number of hydrogen-bond acceptors (Lipinski definition) is 2. The summed E-state index contributed by atoms with van der Waals surface area (Å²) < 4.78 is 1.98. The molecule has 2 rings (SSSR count). The molecule has 3 nitrogen and oxygen atoms in total. The van der Waals surface area contributed by atoms with E-state index in [1.165, 1.54) is 0 Å². The monoisotopic (exact) mass is 229 g/mol. The zero-order valence-corrected chi connectivity index (χ0v) is 9.34. The van der Waals surface area contributed by atoms with Gasteiger partial charge in [0.1, 0.15) is 5.65 Å². The van der Waals surface area contributed by atoms with Crippen LogP contribution in [0, 0.1) is 0 Å². The molecule has 0 radical (unpaired) electrons. The molecule has 0 aliphatic carbocycles. The van der Waals surface area contributed by atoms with Crippen molar-refractivity contribution in [1.82, 2.24) is 14.5 Å². The first-order valence-electron chi connectivity index (χ1n) is 4.28. The molecular formula is C9H9Cl2N3. The SMILES string of the molecule is CC(C)n1cc(Cl)c2cnc(Cl)nc21. The van der Waals surface area contributed by atoms with E-state index in [1.54, 1.807) is 6.20 Å². The molecule has 0 spiro atoms. The van der Waals surface area contributed by atoms with E-state index < -0.39 is 0 Å². The van der Waals surface area contributed by atoms with Crippen LogP contribution in [-0.4, -0.2) is 14.5 Å². The van der Waals surface area contributed by atoms with Gasteiger partial charge < -0.3 is 4.57 Å². The highest BCUT2D eigenvalue weighted by Gasteiger charge is 2.11. The molecule has 0 atom stereocenters. The zero-order valence-electron chi connectivity index (χ0n) is 7.83. The van der Waals surface area contributed by atoms with Gasteiger partial charge in [0.2, 0.25) is 5.28 Å². The largest absolute Gasteiger partial charge is 0.328 e. The second-order valence-electron chi connectivity index (χ2n) is 3.35. The lowest BCUT2D eigenvalue weighted by atomic mass is 10.4. The van der Waals surface area contributed by atoms with Crippen LogP contribution in [0.4, 0.5) is 0 Å². The van der Waals surface area contributed by atoms with Crippen molar-refractivity contribution in [2.24, 2.45) is 0 Å². The summed E-state index contributed by atoms with van der Waals surface area (Å²) >= 11 is 11.8. The van der Waals surface area contributed by atoms with Gasteiger partial charge in [-0.1, -0.05) is 11.6 Å². The average molecular weight is 230 g/mol. The van der Waals surface area contributed by atoms with Crippen LogP contribution in [0.2, 0.25) is 10.3 Å². The van der Waals surface area contributed by atoms with Gasteiger partial charge in [0, 0.05) is 18.4 Å². The highest BCUT2D eigenvalue weighted by Crippen LogP contribution is 2.26. The highest BCUT2D eigenvalue weighted by molar-refractivity contribution is 6.35. The maximum Gasteiger partial charge on any atom is 0.224 e. The van der Waals surface area contributed by atoms with Crippen molar-refractivity contribution in [3.8, 4) is 0 Å². The second-order valence-corrected chi connectivity index (χ2v) is 4.10. The van der Waals surface area contributed by atoms with Crippen molar-refractivity contribution in [3.63, 3.8) is 0 Å². The summed E-state index contributed by atoms with van der Waals surface area (Å²) in [5.41, 5.74) is 0.782. The van der Waals surface area contributed by atoms with E-state index >= 15 is 0 Å². The number of rotatable bonds is 1. The Kier molecular flexibility index (Phi) is 2.37. The van der Waals surface area contributed by atoms with Gasteiger partial charge in [-0.3, -0.25) is 0 Å². The Labute approximate surface area is 91.7 Å². The molecule has 0 unspecified atom stereocenters. The van der Waals surface area contributed by atoms with E-state index in [0.717, 1.165) is 11.0 Å². The van der Waals surface area contributed by atoms with Crippen LogP contribution in [0.5, 0.6) is 0 Å². The van der Waals surface area contributed by atoms with Crippen molar-refractivity contribution < 1.29 is 0 Å². The Morgan fingerprint density at radius 2 is 2.07 bits per heavy atom. The third kappa shape index (κ3) is 1.47. The molecule has 2 aromatic rings. The second kappa shape index (κ2) is 3.41. The molecule has 0 saturated heterocycles. The van der Waals surface area contributed by atoms with Crippen molar-refractivity contribution >= 4 is 34.2 Å². The maximum absolute atomic E-state index is 6.03. The quantitative estimate of drug-likeness (QED) is 0.703. The minimum atomic E-state index is 0.245. The van der Waals surface area contributed by atoms with Gasteiger partial charge in [0.25, 0.3) is 0 Å². The third-order valence-electron chi connectivity index (χ3n) is 2.05. The van der Waals surface area contributed by atoms with Crippen molar-refractivity contribution in [2.45, 2.75) is 19.9 Å². The van der Waals surface area contributed by atoms with Gasteiger partial charge in [-0.05, 0) is 25.4 Å². The maximum atomic E-state index is 6.03. The molecule has 0 bridgehead atoms. The number of aromatic nitrogens is 3. The smallest absolute Gasteiger partial charge is 0.224 e. The molecular weight excluding hydrogens is 221 g/mol. The number of hydrogen-bond donors (Lipinski definition) is 0. The topological polar surface area (TPSA) is 30.7 Å². The minimum Gasteiger partial charge on any atom is -0.328 e. The summed E-state index contributed by atoms with van der Waals surface area (Å²) in [6.07, 6.45) is 3.49. The molecule has 14 heavy (non-hydrogen) atoms. The molecule has 2 heterocycles. The first-order valence-corrected chi connectivity index (χ1v) is 5.03. The van der Waals surface area contributed by atoms with Crippen LogP contribution in [0.1, 0.15) is 19.9 Å². The summed E-state index contributed by atoms with van der Waals surface area (Å²) in [6, 6.07) is 0.302. The minimum absolute atomic E-state index is 0.245. The fraction of sp³-hybridized carbons (Fsp3) is 0.333. The van der Waals surface area contributed by atoms with Crippen LogP contribution in [0.15, 0.2) is 12.4 Å². The summed E-state index contributed by atoms with van der Waals surface area (Å²) in [5.74, 6) is 0. The van der Waals surface area contributed by atoms with Crippen molar-refractivity contribution in [3.05, 3.63) is 22.7 Å². The Morgan fingerprint density at radius 3 is 2.71 bits per heavy atom. The molecule has 0 aromatic carbocycles. The van der Waals surface area contributed by atoms with Gasteiger partial charge >= 0.3 is 0 Å². The molecule has 0 aliphatic rings. The molecule has 0 N–H and O–H groups in total. The Morgan fingerprint density at radius 1 is 1.36 bits per heavy atom. The lowest BCUT2D eigenvalue weighted by molar-refractivity contribution is 0.617. The predicted octanol–water partition coefficient (Wildman–Crippen LogP) is 3.32. The van der Waals surface area contributed by atoms with Gasteiger partial charge in [-0.2, -0.15) is 4.98 Å². The number of nitrogens with zero attached hydrogens (tertiary/aromatic N) is 3. The van der Waals surface area contributed by atoms with Gasteiger partial charge in [-0.15, -0.1) is 0 Å². The molecule has 5 heteroatoms. The van der Waals surface area contributed by atoms with Gasteiger partial charge in [0.05, 0.1) is 10.4 Å². The molecule has 74 valence electrons. The zero-order chi connectivity index (χ0) is 10.3. The highest BCUT2D eigenvalue weighted by atomic mass is 35.5. The average Bonchev–Trinajstić information content (AvgIpc) is 2.43. The summed E-state index contributed by atoms with van der Waals surface area (Å²) in [7, 11) is 0.